The molecule has 1 aromatic carbocycles. The third-order valence-electron chi connectivity index (χ3n) is 4.44. The first-order valence-corrected chi connectivity index (χ1v) is 10.8. The van der Waals surface area contributed by atoms with E-state index < -0.39 is 0 Å². The maximum atomic E-state index is 13.1. The van der Waals surface area contributed by atoms with Crippen molar-refractivity contribution < 1.29 is 9.53 Å². The van der Waals surface area contributed by atoms with Gasteiger partial charge >= 0.3 is 0 Å². The van der Waals surface area contributed by atoms with Crippen molar-refractivity contribution in [3.8, 4) is 5.75 Å². The first-order valence-electron chi connectivity index (χ1n) is 8.98. The molecule has 2 aromatic heterocycles. The maximum absolute atomic E-state index is 13.1. The number of carbonyl (C=O) groups excluding carboxylic acids is 1. The van der Waals surface area contributed by atoms with Crippen molar-refractivity contribution in [2.45, 2.75) is 31.1 Å². The van der Waals surface area contributed by atoms with E-state index in [4.69, 9.17) is 4.74 Å². The summed E-state index contributed by atoms with van der Waals surface area (Å²) in [5.41, 5.74) is 1.08. The Morgan fingerprint density at radius 3 is 2.71 bits per heavy atom. The number of thiophene rings is 1. The Hall–Kier alpha value is -2.32. The van der Waals surface area contributed by atoms with Gasteiger partial charge in [0.15, 0.2) is 5.16 Å². The van der Waals surface area contributed by atoms with E-state index in [0.717, 1.165) is 22.9 Å². The quantitative estimate of drug-likeness (QED) is 0.499. The number of benzene rings is 1. The number of aromatic nitrogens is 3. The molecule has 0 unspecified atom stereocenters. The lowest BCUT2D eigenvalue weighted by molar-refractivity contribution is -0.131. The van der Waals surface area contributed by atoms with Crippen LogP contribution in [-0.4, -0.2) is 44.5 Å². The zero-order valence-corrected chi connectivity index (χ0v) is 17.9. The van der Waals surface area contributed by atoms with Crippen molar-refractivity contribution >= 4 is 29.0 Å². The zero-order chi connectivity index (χ0) is 19.9. The van der Waals surface area contributed by atoms with E-state index in [0.29, 0.717) is 12.3 Å². The minimum atomic E-state index is 0.0906. The van der Waals surface area contributed by atoms with E-state index >= 15 is 0 Å². The topological polar surface area (TPSA) is 60.2 Å². The van der Waals surface area contributed by atoms with E-state index in [1.807, 2.05) is 46.8 Å². The van der Waals surface area contributed by atoms with E-state index in [9.17, 15) is 4.79 Å². The average Bonchev–Trinajstić information content (AvgIpc) is 3.36. The van der Waals surface area contributed by atoms with Crippen LogP contribution in [0.5, 0.6) is 5.75 Å². The van der Waals surface area contributed by atoms with Crippen LogP contribution in [0, 0.1) is 0 Å². The first-order chi connectivity index (χ1) is 13.6. The molecular weight excluding hydrogens is 392 g/mol. The lowest BCUT2D eigenvalue weighted by Crippen LogP contribution is -2.40. The van der Waals surface area contributed by atoms with Gasteiger partial charge in [0.25, 0.3) is 0 Å². The van der Waals surface area contributed by atoms with Crippen LogP contribution in [0.15, 0.2) is 53.3 Å². The molecule has 0 aliphatic rings. The number of aryl methyl sites for hydroxylation is 1. The highest BCUT2D eigenvalue weighted by Crippen LogP contribution is 2.21. The third kappa shape index (κ3) is 5.36. The molecule has 8 heteroatoms. The molecule has 6 nitrogen and oxygen atoms in total. The molecule has 0 spiro atoms. The van der Waals surface area contributed by atoms with Crippen LogP contribution in [0.4, 0.5) is 0 Å². The second kappa shape index (κ2) is 9.75. The van der Waals surface area contributed by atoms with Gasteiger partial charge in [-0.25, -0.2) is 0 Å². The smallest absolute Gasteiger partial charge is 0.233 e. The number of thioether (sulfide) groups is 1. The number of rotatable bonds is 9. The average molecular weight is 417 g/mol. The summed E-state index contributed by atoms with van der Waals surface area (Å²) in [6.45, 7) is 2.67. The molecule has 0 N–H and O–H groups in total. The number of ether oxygens (including phenoxy) is 1. The molecule has 1 amide bonds. The van der Waals surface area contributed by atoms with Gasteiger partial charge in [-0.3, -0.25) is 4.79 Å². The molecule has 28 heavy (non-hydrogen) atoms. The van der Waals surface area contributed by atoms with Crippen LogP contribution >= 0.6 is 23.1 Å². The van der Waals surface area contributed by atoms with Crippen LogP contribution in [0.2, 0.25) is 0 Å². The van der Waals surface area contributed by atoms with Gasteiger partial charge in [-0.15, -0.1) is 21.5 Å². The summed E-state index contributed by atoms with van der Waals surface area (Å²) in [4.78, 5) is 16.3. The van der Waals surface area contributed by atoms with Gasteiger partial charge < -0.3 is 14.2 Å². The molecular formula is C20H24N4O2S2. The lowest BCUT2D eigenvalue weighted by Gasteiger charge is -2.29. The standard InChI is InChI=1S/C20H24N4O2S2/c1-15(11-18-5-4-10-27-18)24(12-16-6-8-17(26-3)9-7-16)19(25)13-28-20-22-21-14-23(20)2/h4-10,14-15H,11-13H2,1-3H3/t15-/m1/s1. The SMILES string of the molecule is COc1ccc(CN(C(=O)CSc2nncn2C)[C@H](C)Cc2cccs2)cc1. The van der Waals surface area contributed by atoms with Gasteiger partial charge in [-0.2, -0.15) is 0 Å². The molecule has 3 rings (SSSR count). The summed E-state index contributed by atoms with van der Waals surface area (Å²) in [5, 5.41) is 10.7. The summed E-state index contributed by atoms with van der Waals surface area (Å²) in [6, 6.07) is 12.1. The number of hydrogen-bond acceptors (Lipinski definition) is 6. The first kappa shape index (κ1) is 20.4. The lowest BCUT2D eigenvalue weighted by atomic mass is 10.1. The molecule has 0 aliphatic carbocycles. The number of hydrogen-bond donors (Lipinski definition) is 0. The fourth-order valence-corrected chi connectivity index (χ4v) is 4.46. The number of methoxy groups -OCH3 is 1. The molecule has 2 heterocycles. The molecule has 0 saturated carbocycles. The summed E-state index contributed by atoms with van der Waals surface area (Å²) in [6.07, 6.45) is 2.48. The van der Waals surface area contributed by atoms with Crippen molar-refractivity contribution in [2.75, 3.05) is 12.9 Å². The second-order valence-corrected chi connectivity index (χ2v) is 8.49. The summed E-state index contributed by atoms with van der Waals surface area (Å²) in [5.74, 6) is 1.23. The Kier molecular flexibility index (Phi) is 7.11. The van der Waals surface area contributed by atoms with Crippen molar-refractivity contribution in [1.29, 1.82) is 0 Å². The Labute approximate surface area is 173 Å². The van der Waals surface area contributed by atoms with E-state index in [2.05, 4.69) is 28.6 Å². The molecule has 0 radical (unpaired) electrons. The van der Waals surface area contributed by atoms with Gasteiger partial charge in [-0.05, 0) is 36.1 Å². The molecule has 0 aliphatic heterocycles. The Bertz CT molecular complexity index is 878. The molecule has 0 saturated heterocycles. The Morgan fingerprint density at radius 1 is 1.32 bits per heavy atom. The van der Waals surface area contributed by atoms with Crippen LogP contribution in [0.1, 0.15) is 17.4 Å². The minimum absolute atomic E-state index is 0.0906. The molecule has 148 valence electrons. The van der Waals surface area contributed by atoms with Gasteiger partial charge in [-0.1, -0.05) is 30.0 Å². The predicted molar refractivity (Wildman–Crippen MR) is 113 cm³/mol. The van der Waals surface area contributed by atoms with Crippen LogP contribution in [-0.2, 0) is 24.8 Å². The number of carbonyl (C=O) groups is 1. The van der Waals surface area contributed by atoms with Gasteiger partial charge in [0.05, 0.1) is 12.9 Å². The van der Waals surface area contributed by atoms with Crippen LogP contribution in [0.3, 0.4) is 0 Å². The molecule has 1 atom stereocenters. The Balaban J connectivity index is 1.71. The molecule has 0 bridgehead atoms. The summed E-state index contributed by atoms with van der Waals surface area (Å²) in [7, 11) is 3.53. The van der Waals surface area contributed by atoms with E-state index in [1.54, 1.807) is 24.8 Å². The van der Waals surface area contributed by atoms with Crippen molar-refractivity contribution in [3.05, 3.63) is 58.5 Å². The van der Waals surface area contributed by atoms with Crippen LogP contribution in [0.25, 0.3) is 0 Å². The van der Waals surface area contributed by atoms with Gasteiger partial charge in [0, 0.05) is 30.9 Å². The monoisotopic (exact) mass is 416 g/mol. The second-order valence-electron chi connectivity index (χ2n) is 6.52. The van der Waals surface area contributed by atoms with Crippen molar-refractivity contribution in [2.24, 2.45) is 7.05 Å². The van der Waals surface area contributed by atoms with Gasteiger partial charge in [0.1, 0.15) is 12.1 Å². The maximum Gasteiger partial charge on any atom is 0.233 e. The Morgan fingerprint density at radius 2 is 2.11 bits per heavy atom. The third-order valence-corrected chi connectivity index (χ3v) is 6.35. The van der Waals surface area contributed by atoms with E-state index in [1.165, 1.54) is 16.6 Å². The van der Waals surface area contributed by atoms with E-state index in [-0.39, 0.29) is 11.9 Å². The summed E-state index contributed by atoms with van der Waals surface area (Å²) >= 11 is 3.14. The highest BCUT2D eigenvalue weighted by Gasteiger charge is 2.22. The highest BCUT2D eigenvalue weighted by atomic mass is 32.2. The fourth-order valence-electron chi connectivity index (χ4n) is 2.86. The largest absolute Gasteiger partial charge is 0.497 e. The molecule has 0 fully saturated rings. The van der Waals surface area contributed by atoms with Crippen molar-refractivity contribution in [1.82, 2.24) is 19.7 Å². The van der Waals surface area contributed by atoms with Gasteiger partial charge in [0.2, 0.25) is 5.91 Å². The minimum Gasteiger partial charge on any atom is -0.497 e. The predicted octanol–water partition coefficient (Wildman–Crippen LogP) is 3.64. The van der Waals surface area contributed by atoms with Crippen LogP contribution < -0.4 is 4.74 Å². The normalized spacial score (nSPS) is 12.0. The fraction of sp³-hybridized carbons (Fsp3) is 0.350. The van der Waals surface area contributed by atoms with Crippen molar-refractivity contribution in [3.63, 3.8) is 0 Å². The number of amides is 1. The summed E-state index contributed by atoms with van der Waals surface area (Å²) < 4.78 is 7.05. The highest BCUT2D eigenvalue weighted by molar-refractivity contribution is 7.99. The molecule has 3 aromatic rings. The zero-order valence-electron chi connectivity index (χ0n) is 16.2. The number of nitrogens with zero attached hydrogens (tertiary/aromatic N) is 4.